The number of nitrogens with one attached hydrogen (secondary N) is 2. The molecule has 34 heavy (non-hydrogen) atoms. The van der Waals surface area contributed by atoms with Gasteiger partial charge in [-0.2, -0.15) is 0 Å². The number of hydrogen-bond donors (Lipinski definition) is 3. The van der Waals surface area contributed by atoms with Gasteiger partial charge in [0.05, 0.1) is 17.7 Å². The minimum atomic E-state index is -3.93. The van der Waals surface area contributed by atoms with Gasteiger partial charge in [-0.05, 0) is 80.6 Å². The van der Waals surface area contributed by atoms with E-state index in [1.807, 2.05) is 13.0 Å². The highest BCUT2D eigenvalue weighted by molar-refractivity contribution is 7.92. The summed E-state index contributed by atoms with van der Waals surface area (Å²) in [5.41, 5.74) is 1.96. The molecule has 1 heterocycles. The average molecular weight is 502 g/mol. The fraction of sp³-hybridized carbons (Fsp3) is 0.400. The SMILES string of the molecule is COc1ccc(-c2sc(N[C@H](C)C3CCCCC3)nc2C)cc1S(=O)(=O)Nc1ccc(O)cc1. The number of nitrogens with zero attached hydrogens (tertiary/aromatic N) is 1. The first-order valence-corrected chi connectivity index (χ1v) is 13.8. The number of thiazole rings is 1. The monoisotopic (exact) mass is 501 g/mol. The molecule has 0 spiro atoms. The average Bonchev–Trinajstić information content (AvgIpc) is 3.20. The van der Waals surface area contributed by atoms with E-state index in [0.29, 0.717) is 17.6 Å². The van der Waals surface area contributed by atoms with Crippen molar-refractivity contribution in [3.8, 4) is 21.9 Å². The first-order chi connectivity index (χ1) is 16.3. The van der Waals surface area contributed by atoms with Gasteiger partial charge >= 0.3 is 0 Å². The number of aromatic nitrogens is 1. The zero-order chi connectivity index (χ0) is 24.3. The topological polar surface area (TPSA) is 101 Å². The Kier molecular flexibility index (Phi) is 7.33. The minimum absolute atomic E-state index is 0.0402. The predicted molar refractivity (Wildman–Crippen MR) is 137 cm³/mol. The Labute approximate surface area is 205 Å². The van der Waals surface area contributed by atoms with Crippen molar-refractivity contribution in [1.29, 1.82) is 0 Å². The van der Waals surface area contributed by atoms with Crippen LogP contribution in [0.1, 0.15) is 44.7 Å². The quantitative estimate of drug-likeness (QED) is 0.327. The second kappa shape index (κ2) is 10.2. The van der Waals surface area contributed by atoms with E-state index in [9.17, 15) is 13.5 Å². The van der Waals surface area contributed by atoms with Crippen molar-refractivity contribution in [2.75, 3.05) is 17.1 Å². The number of ether oxygens (including phenoxy) is 1. The molecule has 0 radical (unpaired) electrons. The van der Waals surface area contributed by atoms with Crippen LogP contribution in [-0.4, -0.2) is 31.7 Å². The molecule has 9 heteroatoms. The zero-order valence-corrected chi connectivity index (χ0v) is 21.3. The molecule has 0 bridgehead atoms. The number of phenolic OH excluding ortho intramolecular Hbond substituents is 1. The van der Waals surface area contributed by atoms with Crippen LogP contribution in [-0.2, 0) is 10.0 Å². The van der Waals surface area contributed by atoms with Gasteiger partial charge < -0.3 is 15.2 Å². The zero-order valence-electron chi connectivity index (χ0n) is 19.7. The summed E-state index contributed by atoms with van der Waals surface area (Å²) in [4.78, 5) is 5.68. The lowest BCUT2D eigenvalue weighted by Crippen LogP contribution is -2.27. The number of rotatable bonds is 8. The summed E-state index contributed by atoms with van der Waals surface area (Å²) in [6, 6.07) is 11.3. The molecule has 0 saturated heterocycles. The van der Waals surface area contributed by atoms with E-state index >= 15 is 0 Å². The smallest absolute Gasteiger partial charge is 0.265 e. The van der Waals surface area contributed by atoms with Gasteiger partial charge in [0.2, 0.25) is 0 Å². The van der Waals surface area contributed by atoms with Crippen molar-refractivity contribution in [1.82, 2.24) is 4.98 Å². The molecule has 4 rings (SSSR count). The van der Waals surface area contributed by atoms with Gasteiger partial charge in [0.25, 0.3) is 10.0 Å². The molecule has 3 aromatic rings. The summed E-state index contributed by atoms with van der Waals surface area (Å²) in [6.45, 7) is 4.16. The van der Waals surface area contributed by atoms with Crippen molar-refractivity contribution in [2.24, 2.45) is 5.92 Å². The Morgan fingerprint density at radius 1 is 1.12 bits per heavy atom. The first-order valence-electron chi connectivity index (χ1n) is 11.5. The van der Waals surface area contributed by atoms with Crippen molar-refractivity contribution in [2.45, 2.75) is 56.9 Å². The Balaban J connectivity index is 1.60. The van der Waals surface area contributed by atoms with Gasteiger partial charge in [-0.25, -0.2) is 13.4 Å². The maximum absolute atomic E-state index is 13.2. The molecule has 0 unspecified atom stereocenters. The highest BCUT2D eigenvalue weighted by Gasteiger charge is 2.24. The lowest BCUT2D eigenvalue weighted by molar-refractivity contribution is 0.328. The van der Waals surface area contributed by atoms with Crippen LogP contribution in [0.2, 0.25) is 0 Å². The number of benzene rings is 2. The van der Waals surface area contributed by atoms with Crippen molar-refractivity contribution in [3.63, 3.8) is 0 Å². The Morgan fingerprint density at radius 3 is 2.50 bits per heavy atom. The van der Waals surface area contributed by atoms with Crippen molar-refractivity contribution < 1.29 is 18.3 Å². The predicted octanol–water partition coefficient (Wildman–Crippen LogP) is 6.01. The van der Waals surface area contributed by atoms with E-state index in [2.05, 4.69) is 17.0 Å². The fourth-order valence-electron chi connectivity index (χ4n) is 4.44. The van der Waals surface area contributed by atoms with Crippen LogP contribution >= 0.6 is 11.3 Å². The molecule has 1 fully saturated rings. The number of methoxy groups -OCH3 is 1. The van der Waals surface area contributed by atoms with Crippen molar-refractivity contribution in [3.05, 3.63) is 48.2 Å². The second-order valence-corrected chi connectivity index (χ2v) is 11.4. The number of anilines is 2. The molecule has 182 valence electrons. The third kappa shape index (κ3) is 5.47. The highest BCUT2D eigenvalue weighted by Crippen LogP contribution is 2.38. The maximum Gasteiger partial charge on any atom is 0.265 e. The molecule has 0 amide bonds. The van der Waals surface area contributed by atoms with Gasteiger partial charge in [0.15, 0.2) is 5.13 Å². The van der Waals surface area contributed by atoms with E-state index in [1.54, 1.807) is 12.1 Å². The van der Waals surface area contributed by atoms with E-state index in [-0.39, 0.29) is 16.4 Å². The maximum atomic E-state index is 13.2. The van der Waals surface area contributed by atoms with Gasteiger partial charge in [0, 0.05) is 11.7 Å². The van der Waals surface area contributed by atoms with Crippen molar-refractivity contribution >= 4 is 32.2 Å². The molecule has 1 atom stereocenters. The van der Waals surface area contributed by atoms with Gasteiger partial charge in [-0.15, -0.1) is 0 Å². The molecular formula is C25H31N3O4S2. The minimum Gasteiger partial charge on any atom is -0.508 e. The normalized spacial score (nSPS) is 15.6. The van der Waals surface area contributed by atoms with E-state index in [1.165, 1.54) is 74.8 Å². The molecule has 1 aromatic heterocycles. The van der Waals surface area contributed by atoms with Crippen LogP contribution in [0.3, 0.4) is 0 Å². The number of phenols is 1. The van der Waals surface area contributed by atoms with Crippen LogP contribution in [0.15, 0.2) is 47.4 Å². The van der Waals surface area contributed by atoms with Gasteiger partial charge in [-0.1, -0.05) is 30.6 Å². The number of aryl methyl sites for hydroxylation is 1. The third-order valence-electron chi connectivity index (χ3n) is 6.34. The number of sulfonamides is 1. The van der Waals surface area contributed by atoms with E-state index in [0.717, 1.165) is 21.3 Å². The first kappa shape index (κ1) is 24.3. The molecule has 1 aliphatic rings. The Hall–Kier alpha value is -2.78. The standard InChI is InChI=1S/C25H31N3O4S2/c1-16(18-7-5-4-6-8-18)26-25-27-17(2)24(33-25)19-9-14-22(32-3)23(15-19)34(30,31)28-20-10-12-21(29)13-11-20/h9-16,18,28-29H,4-8H2,1-3H3,(H,26,27)/t16-/m1/s1. The largest absolute Gasteiger partial charge is 0.508 e. The number of hydrogen-bond acceptors (Lipinski definition) is 7. The summed E-state index contributed by atoms with van der Waals surface area (Å²) in [7, 11) is -2.48. The summed E-state index contributed by atoms with van der Waals surface area (Å²) >= 11 is 1.54. The molecule has 3 N–H and O–H groups in total. The highest BCUT2D eigenvalue weighted by atomic mass is 32.2. The Bertz CT molecular complexity index is 1230. The molecular weight excluding hydrogens is 470 g/mol. The van der Waals surface area contributed by atoms with Gasteiger partial charge in [-0.3, -0.25) is 4.72 Å². The van der Waals surface area contributed by atoms with Crippen LogP contribution in [0.4, 0.5) is 10.8 Å². The van der Waals surface area contributed by atoms with Crippen LogP contribution in [0, 0.1) is 12.8 Å². The Morgan fingerprint density at radius 2 is 1.82 bits per heavy atom. The summed E-state index contributed by atoms with van der Waals surface area (Å²) in [6.07, 6.45) is 6.41. The summed E-state index contributed by atoms with van der Waals surface area (Å²) < 4.78 is 34.3. The fourth-order valence-corrected chi connectivity index (χ4v) is 6.75. The lowest BCUT2D eigenvalue weighted by atomic mass is 9.85. The summed E-state index contributed by atoms with van der Waals surface area (Å²) in [5.74, 6) is 0.969. The third-order valence-corrected chi connectivity index (χ3v) is 8.88. The van der Waals surface area contributed by atoms with Crippen LogP contribution in [0.5, 0.6) is 11.5 Å². The van der Waals surface area contributed by atoms with Crippen LogP contribution < -0.4 is 14.8 Å². The molecule has 7 nitrogen and oxygen atoms in total. The van der Waals surface area contributed by atoms with E-state index in [4.69, 9.17) is 9.72 Å². The van der Waals surface area contributed by atoms with Gasteiger partial charge in [0.1, 0.15) is 16.4 Å². The lowest BCUT2D eigenvalue weighted by Gasteiger charge is -2.28. The van der Waals surface area contributed by atoms with E-state index < -0.39 is 10.0 Å². The molecule has 1 aliphatic carbocycles. The number of aromatic hydroxyl groups is 1. The molecule has 1 saturated carbocycles. The van der Waals surface area contributed by atoms with Crippen LogP contribution in [0.25, 0.3) is 10.4 Å². The molecule has 0 aliphatic heterocycles. The summed E-state index contributed by atoms with van der Waals surface area (Å²) in [5, 5.41) is 13.9. The second-order valence-electron chi connectivity index (χ2n) is 8.78. The molecule has 2 aromatic carbocycles.